The Morgan fingerprint density at radius 1 is 0.806 bits per heavy atom. The fraction of sp³-hybridized carbons (Fsp3) is 0.167. The number of para-hydroxylation sites is 1. The van der Waals surface area contributed by atoms with E-state index in [0.717, 1.165) is 30.4 Å². The molecule has 0 fully saturated rings. The number of rotatable bonds is 7. The molecular weight excluding hydrogens is 468 g/mol. The quantitative estimate of drug-likeness (QED) is 0.347. The molecule has 6 heteroatoms. The fourth-order valence-electron chi connectivity index (χ4n) is 4.79. The summed E-state index contributed by atoms with van der Waals surface area (Å²) in [4.78, 5) is 13.8. The van der Waals surface area contributed by atoms with Gasteiger partial charge in [0.2, 0.25) is 0 Å². The maximum Gasteiger partial charge on any atom is 0.264 e. The van der Waals surface area contributed by atoms with Crippen LogP contribution in [0.25, 0.3) is 0 Å². The summed E-state index contributed by atoms with van der Waals surface area (Å²) in [6.07, 6.45) is 2.84. The molecule has 5 nitrogen and oxygen atoms in total. The van der Waals surface area contributed by atoms with E-state index in [1.54, 1.807) is 54.6 Å². The number of hydrogen-bond acceptors (Lipinski definition) is 3. The van der Waals surface area contributed by atoms with Crippen molar-refractivity contribution in [1.29, 1.82) is 0 Å². The van der Waals surface area contributed by atoms with Crippen LogP contribution < -0.4 is 9.62 Å². The summed E-state index contributed by atoms with van der Waals surface area (Å²) in [5.41, 5.74) is 3.89. The average molecular weight is 497 g/mol. The van der Waals surface area contributed by atoms with Crippen LogP contribution in [0.1, 0.15) is 45.9 Å². The number of nitrogens with zero attached hydrogens (tertiary/aromatic N) is 1. The maximum atomic E-state index is 13.9. The number of nitrogens with one attached hydrogen (secondary N) is 1. The second-order valence-electron chi connectivity index (χ2n) is 8.94. The van der Waals surface area contributed by atoms with E-state index in [4.69, 9.17) is 0 Å². The van der Waals surface area contributed by atoms with E-state index in [1.165, 1.54) is 9.87 Å². The number of carbonyl (C=O) groups excluding carboxylic acids is 1. The highest BCUT2D eigenvalue weighted by Crippen LogP contribution is 2.32. The second-order valence-corrected chi connectivity index (χ2v) is 10.8. The normalized spacial score (nSPS) is 15.1. The van der Waals surface area contributed by atoms with Gasteiger partial charge in [-0.25, -0.2) is 8.42 Å². The van der Waals surface area contributed by atoms with Crippen LogP contribution in [0, 0.1) is 0 Å². The molecular formula is C30H28N2O3S. The molecule has 0 aliphatic heterocycles. The summed E-state index contributed by atoms with van der Waals surface area (Å²) >= 11 is 0. The Morgan fingerprint density at radius 3 is 2.22 bits per heavy atom. The van der Waals surface area contributed by atoms with Gasteiger partial charge in [-0.3, -0.25) is 9.10 Å². The van der Waals surface area contributed by atoms with Crippen molar-refractivity contribution in [2.24, 2.45) is 0 Å². The van der Waals surface area contributed by atoms with Gasteiger partial charge in [-0.2, -0.15) is 0 Å². The van der Waals surface area contributed by atoms with E-state index < -0.39 is 10.0 Å². The van der Waals surface area contributed by atoms with Crippen molar-refractivity contribution in [2.45, 2.75) is 36.7 Å². The highest BCUT2D eigenvalue weighted by molar-refractivity contribution is 7.92. The number of sulfonamides is 1. The highest BCUT2D eigenvalue weighted by atomic mass is 32.2. The third kappa shape index (κ3) is 4.90. The number of anilines is 1. The van der Waals surface area contributed by atoms with Gasteiger partial charge in [-0.1, -0.05) is 84.9 Å². The average Bonchev–Trinajstić information content (AvgIpc) is 2.93. The monoisotopic (exact) mass is 496 g/mol. The Labute approximate surface area is 212 Å². The molecule has 0 aromatic heterocycles. The molecule has 1 atom stereocenters. The Balaban J connectivity index is 1.53. The smallest absolute Gasteiger partial charge is 0.264 e. The largest absolute Gasteiger partial charge is 0.345 e. The van der Waals surface area contributed by atoms with Crippen molar-refractivity contribution < 1.29 is 13.2 Å². The predicted molar refractivity (Wildman–Crippen MR) is 142 cm³/mol. The zero-order valence-corrected chi connectivity index (χ0v) is 20.7. The minimum absolute atomic E-state index is 0.106. The van der Waals surface area contributed by atoms with Crippen LogP contribution in [0.5, 0.6) is 0 Å². The summed E-state index contributed by atoms with van der Waals surface area (Å²) in [5, 5.41) is 3.18. The van der Waals surface area contributed by atoms with Crippen LogP contribution in [0.15, 0.2) is 114 Å². The standard InChI is InChI=1S/C30H28N2O3S/c33-30(31-28-20-11-15-24-14-7-8-18-26(24)28)27-19-9-10-21-29(27)32(22-23-12-3-1-4-13-23)36(34,35)25-16-5-2-6-17-25/h1-10,12-14,16-19,21,28H,11,15,20,22H2,(H,31,33). The van der Waals surface area contributed by atoms with Gasteiger partial charge in [0, 0.05) is 0 Å². The first kappa shape index (κ1) is 23.8. The van der Waals surface area contributed by atoms with Gasteiger partial charge in [0.05, 0.1) is 28.7 Å². The van der Waals surface area contributed by atoms with Crippen molar-refractivity contribution in [3.63, 3.8) is 0 Å². The van der Waals surface area contributed by atoms with Crippen LogP contribution >= 0.6 is 0 Å². The van der Waals surface area contributed by atoms with Gasteiger partial charge < -0.3 is 5.32 Å². The van der Waals surface area contributed by atoms with Crippen molar-refractivity contribution in [2.75, 3.05) is 4.31 Å². The molecule has 0 saturated heterocycles. The van der Waals surface area contributed by atoms with E-state index in [9.17, 15) is 13.2 Å². The number of aryl methyl sites for hydroxylation is 1. The molecule has 1 aliphatic rings. The van der Waals surface area contributed by atoms with Crippen LogP contribution in [-0.2, 0) is 23.0 Å². The third-order valence-electron chi connectivity index (χ3n) is 6.59. The molecule has 0 saturated carbocycles. The molecule has 1 aliphatic carbocycles. The van der Waals surface area contributed by atoms with Crippen molar-refractivity contribution in [3.8, 4) is 0 Å². The lowest BCUT2D eigenvalue weighted by molar-refractivity contribution is 0.0933. The van der Waals surface area contributed by atoms with Crippen LogP contribution in [0.4, 0.5) is 5.69 Å². The summed E-state index contributed by atoms with van der Waals surface area (Å²) in [6, 6.07) is 32.8. The molecule has 1 N–H and O–H groups in total. The van der Waals surface area contributed by atoms with Crippen molar-refractivity contribution >= 4 is 21.6 Å². The van der Waals surface area contributed by atoms with Gasteiger partial charge in [0.15, 0.2) is 0 Å². The summed E-state index contributed by atoms with van der Waals surface area (Å²) in [5.74, 6) is -0.284. The van der Waals surface area contributed by atoms with E-state index in [0.29, 0.717) is 11.3 Å². The van der Waals surface area contributed by atoms with E-state index in [2.05, 4.69) is 17.4 Å². The maximum absolute atomic E-state index is 13.9. The molecule has 4 aromatic carbocycles. The number of amides is 1. The molecule has 1 amide bonds. The summed E-state index contributed by atoms with van der Waals surface area (Å²) in [6.45, 7) is 0.106. The second kappa shape index (κ2) is 10.4. The first-order valence-electron chi connectivity index (χ1n) is 12.1. The Morgan fingerprint density at radius 2 is 1.44 bits per heavy atom. The molecule has 0 heterocycles. The van der Waals surface area contributed by atoms with Gasteiger partial charge >= 0.3 is 0 Å². The predicted octanol–water partition coefficient (Wildman–Crippen LogP) is 5.89. The lowest BCUT2D eigenvalue weighted by Gasteiger charge is -2.29. The van der Waals surface area contributed by atoms with Gasteiger partial charge in [0.25, 0.3) is 15.9 Å². The van der Waals surface area contributed by atoms with Crippen molar-refractivity contribution in [3.05, 3.63) is 131 Å². The molecule has 0 bridgehead atoms. The van der Waals surface area contributed by atoms with E-state index >= 15 is 0 Å². The molecule has 0 spiro atoms. The Bertz CT molecular complexity index is 1450. The molecule has 1 unspecified atom stereocenters. The number of benzene rings is 4. The minimum Gasteiger partial charge on any atom is -0.345 e. The fourth-order valence-corrected chi connectivity index (χ4v) is 6.28. The van der Waals surface area contributed by atoms with Crippen LogP contribution in [-0.4, -0.2) is 14.3 Å². The van der Waals surface area contributed by atoms with Gasteiger partial charge in [0.1, 0.15) is 0 Å². The number of fused-ring (bicyclic) bond motifs is 1. The highest BCUT2D eigenvalue weighted by Gasteiger charge is 2.30. The minimum atomic E-state index is -3.94. The lowest BCUT2D eigenvalue weighted by Crippen LogP contribution is -2.35. The number of hydrogen-bond donors (Lipinski definition) is 1. The number of carbonyl (C=O) groups is 1. The molecule has 4 aromatic rings. The van der Waals surface area contributed by atoms with E-state index in [-0.39, 0.29) is 23.4 Å². The Kier molecular flexibility index (Phi) is 6.87. The summed E-state index contributed by atoms with van der Waals surface area (Å²) < 4.78 is 29.1. The van der Waals surface area contributed by atoms with Crippen LogP contribution in [0.3, 0.4) is 0 Å². The van der Waals surface area contributed by atoms with Crippen LogP contribution in [0.2, 0.25) is 0 Å². The van der Waals surface area contributed by atoms with Crippen molar-refractivity contribution in [1.82, 2.24) is 5.32 Å². The topological polar surface area (TPSA) is 66.5 Å². The first-order valence-corrected chi connectivity index (χ1v) is 13.6. The first-order chi connectivity index (χ1) is 17.5. The Hall–Kier alpha value is -3.90. The van der Waals surface area contributed by atoms with Gasteiger partial charge in [-0.05, 0) is 60.2 Å². The molecule has 36 heavy (non-hydrogen) atoms. The van der Waals surface area contributed by atoms with Gasteiger partial charge in [-0.15, -0.1) is 0 Å². The van der Waals surface area contributed by atoms with E-state index in [1.807, 2.05) is 42.5 Å². The zero-order valence-electron chi connectivity index (χ0n) is 19.9. The summed E-state index contributed by atoms with van der Waals surface area (Å²) in [7, 11) is -3.94. The molecule has 5 rings (SSSR count). The zero-order chi connectivity index (χ0) is 25.0. The molecule has 0 radical (unpaired) electrons. The lowest BCUT2D eigenvalue weighted by atomic mass is 9.87. The SMILES string of the molecule is O=C(NC1CCCc2ccccc21)c1ccccc1N(Cc1ccccc1)S(=O)(=O)c1ccccc1. The third-order valence-corrected chi connectivity index (χ3v) is 8.37. The molecule has 182 valence electrons.